The molecule has 116 valence electrons. The molecule has 5 heteroatoms. The van der Waals surface area contributed by atoms with Crippen LogP contribution in [0.5, 0.6) is 0 Å². The van der Waals surface area contributed by atoms with E-state index in [4.69, 9.17) is 16.3 Å². The smallest absolute Gasteiger partial charge is 0.343 e. The minimum absolute atomic E-state index is 0.345. The van der Waals surface area contributed by atoms with E-state index in [1.54, 1.807) is 6.92 Å². The van der Waals surface area contributed by atoms with Crippen LogP contribution in [0.15, 0.2) is 64.6 Å². The number of rotatable bonds is 4. The Morgan fingerprint density at radius 1 is 1.22 bits per heavy atom. The van der Waals surface area contributed by atoms with Gasteiger partial charge in [0.05, 0.1) is 6.54 Å². The summed E-state index contributed by atoms with van der Waals surface area (Å²) in [5, 5.41) is 0.667. The average Bonchev–Trinajstić information content (AvgIpc) is 2.95. The Bertz CT molecular complexity index is 785. The van der Waals surface area contributed by atoms with Crippen molar-refractivity contribution >= 4 is 29.2 Å². The number of esters is 1. The number of hydrogen-bond donors (Lipinski definition) is 0. The summed E-state index contributed by atoms with van der Waals surface area (Å²) >= 11 is 5.95. The Morgan fingerprint density at radius 3 is 2.74 bits per heavy atom. The summed E-state index contributed by atoms with van der Waals surface area (Å²) in [4.78, 5) is 20.8. The maximum Gasteiger partial charge on any atom is 0.343 e. The van der Waals surface area contributed by atoms with Crippen LogP contribution in [0, 0.1) is 0 Å². The Hall–Kier alpha value is -2.46. The largest absolute Gasteiger partial charge is 0.405 e. The van der Waals surface area contributed by atoms with E-state index < -0.39 is 12.0 Å². The molecular weight excluding hydrogens is 312 g/mol. The van der Waals surface area contributed by atoms with Gasteiger partial charge >= 0.3 is 5.97 Å². The minimum atomic E-state index is -0.676. The highest BCUT2D eigenvalue weighted by Crippen LogP contribution is 2.16. The summed E-state index contributed by atoms with van der Waals surface area (Å²) in [5.41, 5.74) is 2.39. The van der Waals surface area contributed by atoms with Crippen molar-refractivity contribution in [2.24, 2.45) is 9.98 Å². The zero-order chi connectivity index (χ0) is 16.2. The number of aliphatic imine (C=N–C) groups is 2. The lowest BCUT2D eigenvalue weighted by atomic mass is 10.2. The van der Waals surface area contributed by atoms with Crippen LogP contribution in [0.4, 0.5) is 0 Å². The number of ether oxygens (including phenoxy) is 1. The van der Waals surface area contributed by atoms with Gasteiger partial charge in [-0.2, -0.15) is 0 Å². The van der Waals surface area contributed by atoms with E-state index in [-0.39, 0.29) is 0 Å². The Balaban J connectivity index is 1.76. The molecule has 1 aliphatic heterocycles. The van der Waals surface area contributed by atoms with Crippen molar-refractivity contribution in [1.29, 1.82) is 0 Å². The molecule has 2 aromatic rings. The molecule has 0 radical (unpaired) electrons. The van der Waals surface area contributed by atoms with Crippen LogP contribution in [0.25, 0.3) is 0 Å². The molecule has 1 atom stereocenters. The van der Waals surface area contributed by atoms with Crippen molar-refractivity contribution in [2.75, 3.05) is 0 Å². The van der Waals surface area contributed by atoms with Gasteiger partial charge in [-0.1, -0.05) is 41.9 Å². The second-order valence-corrected chi connectivity index (χ2v) is 5.65. The van der Waals surface area contributed by atoms with Gasteiger partial charge in [0.15, 0.2) is 6.04 Å². The predicted octanol–water partition coefficient (Wildman–Crippen LogP) is 3.67. The molecule has 2 aromatic carbocycles. The number of hydrogen-bond acceptors (Lipinski definition) is 4. The van der Waals surface area contributed by atoms with Gasteiger partial charge in [0.2, 0.25) is 5.90 Å². The summed E-state index contributed by atoms with van der Waals surface area (Å²) in [6.45, 7) is 2.24. The van der Waals surface area contributed by atoms with Crippen LogP contribution in [0.1, 0.15) is 18.1 Å². The van der Waals surface area contributed by atoms with E-state index in [1.165, 1.54) is 0 Å². The quantitative estimate of drug-likeness (QED) is 0.635. The van der Waals surface area contributed by atoms with Crippen molar-refractivity contribution in [3.8, 4) is 0 Å². The first kappa shape index (κ1) is 15.4. The molecule has 0 aromatic heterocycles. The van der Waals surface area contributed by atoms with Crippen molar-refractivity contribution in [3.05, 3.63) is 70.7 Å². The summed E-state index contributed by atoms with van der Waals surface area (Å²) in [5.74, 6) is -0.0471. The van der Waals surface area contributed by atoms with E-state index in [0.717, 1.165) is 11.1 Å². The van der Waals surface area contributed by atoms with E-state index in [2.05, 4.69) is 9.98 Å². The molecule has 0 amide bonds. The number of carbonyl (C=O) groups is 1. The standard InChI is InChI=1S/C18H15ClN2O2/c1-12(20-11-13-6-5-9-15(19)10-13)16-18(22)23-17(21-16)14-7-3-2-4-8-14/h2-10,16H,11H2,1H3. The fourth-order valence-electron chi connectivity index (χ4n) is 2.26. The third-order valence-electron chi connectivity index (χ3n) is 3.48. The molecule has 23 heavy (non-hydrogen) atoms. The zero-order valence-electron chi connectivity index (χ0n) is 12.6. The predicted molar refractivity (Wildman–Crippen MR) is 91.1 cm³/mol. The van der Waals surface area contributed by atoms with E-state index in [1.807, 2.05) is 54.6 Å². The molecular formula is C18H15ClN2O2. The van der Waals surface area contributed by atoms with Gasteiger partial charge in [-0.3, -0.25) is 4.99 Å². The number of benzene rings is 2. The third kappa shape index (κ3) is 3.66. The van der Waals surface area contributed by atoms with Crippen molar-refractivity contribution < 1.29 is 9.53 Å². The Labute approximate surface area is 139 Å². The summed E-state index contributed by atoms with van der Waals surface area (Å²) in [6, 6.07) is 16.2. The highest BCUT2D eigenvalue weighted by molar-refractivity contribution is 6.30. The number of nitrogens with zero attached hydrogens (tertiary/aromatic N) is 2. The second kappa shape index (κ2) is 6.75. The molecule has 0 bridgehead atoms. The van der Waals surface area contributed by atoms with Crippen molar-refractivity contribution in [3.63, 3.8) is 0 Å². The van der Waals surface area contributed by atoms with Gasteiger partial charge in [-0.05, 0) is 36.8 Å². The SMILES string of the molecule is CC(=NCc1cccc(Cl)c1)C1N=C(c2ccccc2)OC1=O. The van der Waals surface area contributed by atoms with Crippen LogP contribution in [0.3, 0.4) is 0 Å². The first-order chi connectivity index (χ1) is 11.1. The van der Waals surface area contributed by atoms with Gasteiger partial charge in [-0.15, -0.1) is 0 Å². The van der Waals surface area contributed by atoms with Crippen LogP contribution >= 0.6 is 11.6 Å². The number of cyclic esters (lactones) is 1. The summed E-state index contributed by atoms with van der Waals surface area (Å²) in [7, 11) is 0. The molecule has 4 nitrogen and oxygen atoms in total. The number of halogens is 1. The first-order valence-corrected chi connectivity index (χ1v) is 7.61. The van der Waals surface area contributed by atoms with Crippen LogP contribution in [-0.4, -0.2) is 23.6 Å². The fraction of sp³-hybridized carbons (Fsp3) is 0.167. The number of carbonyl (C=O) groups excluding carboxylic acids is 1. The molecule has 0 fully saturated rings. The minimum Gasteiger partial charge on any atom is -0.405 e. The van der Waals surface area contributed by atoms with Gasteiger partial charge in [0.1, 0.15) is 0 Å². The average molecular weight is 327 g/mol. The maximum atomic E-state index is 12.0. The Morgan fingerprint density at radius 2 is 2.00 bits per heavy atom. The van der Waals surface area contributed by atoms with Crippen LogP contribution in [0.2, 0.25) is 5.02 Å². The van der Waals surface area contributed by atoms with E-state index >= 15 is 0 Å². The zero-order valence-corrected chi connectivity index (χ0v) is 13.3. The molecule has 0 saturated carbocycles. The normalized spacial score (nSPS) is 17.8. The van der Waals surface area contributed by atoms with Crippen LogP contribution < -0.4 is 0 Å². The maximum absolute atomic E-state index is 12.0. The van der Waals surface area contributed by atoms with E-state index in [9.17, 15) is 4.79 Å². The lowest BCUT2D eigenvalue weighted by molar-refractivity contribution is -0.133. The van der Waals surface area contributed by atoms with Gasteiger partial charge in [-0.25, -0.2) is 9.79 Å². The van der Waals surface area contributed by atoms with Gasteiger partial charge in [0.25, 0.3) is 0 Å². The molecule has 1 unspecified atom stereocenters. The molecule has 0 N–H and O–H groups in total. The molecule has 1 heterocycles. The van der Waals surface area contributed by atoms with Crippen molar-refractivity contribution in [1.82, 2.24) is 0 Å². The van der Waals surface area contributed by atoms with Gasteiger partial charge < -0.3 is 4.74 Å². The topological polar surface area (TPSA) is 51.0 Å². The molecule has 1 aliphatic rings. The lowest BCUT2D eigenvalue weighted by Gasteiger charge is -2.03. The first-order valence-electron chi connectivity index (χ1n) is 7.24. The fourth-order valence-corrected chi connectivity index (χ4v) is 2.48. The highest BCUT2D eigenvalue weighted by atomic mass is 35.5. The highest BCUT2D eigenvalue weighted by Gasteiger charge is 2.31. The summed E-state index contributed by atoms with van der Waals surface area (Å²) < 4.78 is 5.26. The third-order valence-corrected chi connectivity index (χ3v) is 3.72. The van der Waals surface area contributed by atoms with Gasteiger partial charge in [0, 0.05) is 16.3 Å². The molecule has 0 spiro atoms. The lowest BCUT2D eigenvalue weighted by Crippen LogP contribution is -2.23. The molecule has 3 rings (SSSR count). The van der Waals surface area contributed by atoms with E-state index in [0.29, 0.717) is 23.2 Å². The summed E-state index contributed by atoms with van der Waals surface area (Å²) in [6.07, 6.45) is 0. The van der Waals surface area contributed by atoms with Crippen molar-refractivity contribution in [2.45, 2.75) is 19.5 Å². The van der Waals surface area contributed by atoms with Crippen LogP contribution in [-0.2, 0) is 16.1 Å². The molecule has 0 aliphatic carbocycles. The second-order valence-electron chi connectivity index (χ2n) is 5.21. The molecule has 0 saturated heterocycles. The monoisotopic (exact) mass is 326 g/mol. The Kier molecular flexibility index (Phi) is 4.53.